The van der Waals surface area contributed by atoms with Gasteiger partial charge in [0.05, 0.1) is 28.2 Å². The molecule has 5 rings (SSSR count). The number of H-pyrrole nitrogens is 2. The summed E-state index contributed by atoms with van der Waals surface area (Å²) in [6.45, 7) is 1.69. The topological polar surface area (TPSA) is 104 Å². The summed E-state index contributed by atoms with van der Waals surface area (Å²) in [4.78, 5) is 47.6. The molecule has 2 aromatic heterocycles. The zero-order chi connectivity index (χ0) is 21.9. The van der Waals surface area contributed by atoms with Gasteiger partial charge in [-0.1, -0.05) is 35.3 Å². The summed E-state index contributed by atoms with van der Waals surface area (Å²) in [5, 5.41) is 3.57. The highest BCUT2D eigenvalue weighted by Crippen LogP contribution is 2.35. The summed E-state index contributed by atoms with van der Waals surface area (Å²) < 4.78 is 1.25. The third kappa shape index (κ3) is 3.15. The molecule has 3 heterocycles. The zero-order valence-electron chi connectivity index (χ0n) is 16.1. The molecular weight excluding hydrogens is 441 g/mol. The lowest BCUT2D eigenvalue weighted by molar-refractivity contribution is -0.121. The lowest BCUT2D eigenvalue weighted by Crippen LogP contribution is -2.31. The van der Waals surface area contributed by atoms with Gasteiger partial charge >= 0.3 is 0 Å². The van der Waals surface area contributed by atoms with Crippen molar-refractivity contribution >= 4 is 51.7 Å². The fourth-order valence-electron chi connectivity index (χ4n) is 3.96. The van der Waals surface area contributed by atoms with Crippen molar-refractivity contribution in [2.24, 2.45) is 0 Å². The third-order valence-corrected chi connectivity index (χ3v) is 5.74. The Labute approximate surface area is 185 Å². The van der Waals surface area contributed by atoms with Crippen molar-refractivity contribution in [2.45, 2.75) is 19.3 Å². The number of carbonyl (C=O) groups excluding carboxylic acids is 2. The van der Waals surface area contributed by atoms with Gasteiger partial charge in [0.2, 0.25) is 17.8 Å². The van der Waals surface area contributed by atoms with Crippen LogP contribution in [0, 0.1) is 6.92 Å². The Bertz CT molecular complexity index is 1380. The highest BCUT2D eigenvalue weighted by atomic mass is 35.5. The Kier molecular flexibility index (Phi) is 4.49. The molecule has 1 aliphatic heterocycles. The number of aromatic nitrogens is 4. The first kappa shape index (κ1) is 19.6. The van der Waals surface area contributed by atoms with E-state index in [1.165, 1.54) is 22.9 Å². The van der Waals surface area contributed by atoms with Crippen LogP contribution in [0.5, 0.6) is 0 Å². The van der Waals surface area contributed by atoms with E-state index in [2.05, 4.69) is 15.1 Å². The predicted octanol–water partition coefficient (Wildman–Crippen LogP) is 3.70. The summed E-state index contributed by atoms with van der Waals surface area (Å²) in [6, 6.07) is 11.9. The number of imidazole rings is 1. The van der Waals surface area contributed by atoms with Crippen LogP contribution in [0.3, 0.4) is 0 Å². The van der Waals surface area contributed by atoms with Gasteiger partial charge in [-0.2, -0.15) is 4.68 Å². The number of carbonyl (C=O) groups is 2. The molecule has 1 saturated heterocycles. The number of amides is 2. The molecule has 1 fully saturated rings. The maximum absolute atomic E-state index is 13.2. The normalized spacial score (nSPS) is 16.6. The van der Waals surface area contributed by atoms with Crippen LogP contribution in [0.2, 0.25) is 10.0 Å². The second-order valence-corrected chi connectivity index (χ2v) is 8.19. The molecule has 4 aromatic rings. The molecule has 8 nitrogen and oxygen atoms in total. The molecule has 0 bridgehead atoms. The number of benzene rings is 2. The molecule has 0 aliphatic carbocycles. The maximum atomic E-state index is 13.2. The Balaban J connectivity index is 1.56. The molecule has 1 aliphatic rings. The molecule has 156 valence electrons. The van der Waals surface area contributed by atoms with Crippen molar-refractivity contribution < 1.29 is 9.59 Å². The summed E-state index contributed by atoms with van der Waals surface area (Å²) in [6.07, 6.45) is -0.128. The number of aromatic amines is 2. The van der Waals surface area contributed by atoms with E-state index in [9.17, 15) is 14.4 Å². The van der Waals surface area contributed by atoms with E-state index in [4.69, 9.17) is 23.2 Å². The van der Waals surface area contributed by atoms with Gasteiger partial charge in [0.25, 0.3) is 5.56 Å². The van der Waals surface area contributed by atoms with E-state index < -0.39 is 23.3 Å². The number of halogens is 2. The SMILES string of the molecule is Cc1[nH]n(-c2nc3ccccc3[nH]2)c(=O)c1C1CC(=O)N(c2cc(Cl)cc(Cl)c2)C1=O. The average molecular weight is 456 g/mol. The number of aryl methyl sites for hydroxylation is 1. The largest absolute Gasteiger partial charge is 0.322 e. The number of nitrogens with zero attached hydrogens (tertiary/aromatic N) is 3. The van der Waals surface area contributed by atoms with Crippen LogP contribution >= 0.6 is 23.2 Å². The second-order valence-electron chi connectivity index (χ2n) is 7.32. The van der Waals surface area contributed by atoms with E-state index >= 15 is 0 Å². The highest BCUT2D eigenvalue weighted by Gasteiger charge is 2.43. The van der Waals surface area contributed by atoms with E-state index in [-0.39, 0.29) is 17.7 Å². The van der Waals surface area contributed by atoms with Gasteiger partial charge in [0.15, 0.2) is 0 Å². The minimum absolute atomic E-state index is 0.128. The molecule has 0 radical (unpaired) electrons. The predicted molar refractivity (Wildman–Crippen MR) is 117 cm³/mol. The number of hydrogen-bond acceptors (Lipinski definition) is 4. The van der Waals surface area contributed by atoms with Gasteiger partial charge in [0, 0.05) is 22.2 Å². The number of nitrogens with one attached hydrogen (secondary N) is 2. The molecule has 1 atom stereocenters. The lowest BCUT2D eigenvalue weighted by atomic mass is 9.98. The van der Waals surface area contributed by atoms with Crippen molar-refractivity contribution in [1.82, 2.24) is 19.7 Å². The van der Waals surface area contributed by atoms with Crippen molar-refractivity contribution in [3.63, 3.8) is 0 Å². The van der Waals surface area contributed by atoms with Gasteiger partial charge in [0.1, 0.15) is 0 Å². The van der Waals surface area contributed by atoms with Crippen molar-refractivity contribution in [2.75, 3.05) is 4.90 Å². The van der Waals surface area contributed by atoms with Crippen LogP contribution in [0.25, 0.3) is 17.0 Å². The molecule has 10 heteroatoms. The number of fused-ring (bicyclic) bond motifs is 1. The molecule has 0 spiro atoms. The van der Waals surface area contributed by atoms with Crippen LogP contribution in [0.1, 0.15) is 23.6 Å². The van der Waals surface area contributed by atoms with Gasteiger partial charge in [-0.3, -0.25) is 19.5 Å². The highest BCUT2D eigenvalue weighted by molar-refractivity contribution is 6.35. The van der Waals surface area contributed by atoms with Crippen molar-refractivity contribution in [1.29, 1.82) is 0 Å². The lowest BCUT2D eigenvalue weighted by Gasteiger charge is -2.15. The first-order valence-electron chi connectivity index (χ1n) is 9.43. The fourth-order valence-corrected chi connectivity index (χ4v) is 4.48. The molecule has 1 unspecified atom stereocenters. The van der Waals surface area contributed by atoms with E-state index in [1.807, 2.05) is 24.3 Å². The number of rotatable bonds is 3. The average Bonchev–Trinajstić information content (AvgIpc) is 3.34. The number of anilines is 1. The number of hydrogen-bond donors (Lipinski definition) is 2. The maximum Gasteiger partial charge on any atom is 0.278 e. The molecule has 0 saturated carbocycles. The van der Waals surface area contributed by atoms with Crippen molar-refractivity contribution in [3.05, 3.63) is 74.1 Å². The van der Waals surface area contributed by atoms with Crippen LogP contribution < -0.4 is 10.5 Å². The van der Waals surface area contributed by atoms with Gasteiger partial charge < -0.3 is 4.98 Å². The second kappa shape index (κ2) is 7.11. The number of para-hydroxylation sites is 2. The molecule has 2 amide bonds. The monoisotopic (exact) mass is 455 g/mol. The Hall–Kier alpha value is -3.36. The van der Waals surface area contributed by atoms with Crippen LogP contribution in [-0.4, -0.2) is 31.6 Å². The van der Waals surface area contributed by atoms with Crippen LogP contribution in [-0.2, 0) is 9.59 Å². The van der Waals surface area contributed by atoms with Crippen molar-refractivity contribution in [3.8, 4) is 5.95 Å². The molecule has 31 heavy (non-hydrogen) atoms. The standard InChI is InChI=1S/C21H15Cl2N5O3/c1-10-18(20(31)28(26-10)21-24-15-4-2-3-5-16(15)25-21)14-9-17(29)27(19(14)30)13-7-11(22)6-12(23)8-13/h2-8,14,26H,9H2,1H3,(H,24,25). The molecule has 2 N–H and O–H groups in total. The zero-order valence-corrected chi connectivity index (χ0v) is 17.7. The first-order chi connectivity index (χ1) is 14.8. The molecular formula is C21H15Cl2N5O3. The van der Waals surface area contributed by atoms with E-state index in [1.54, 1.807) is 6.92 Å². The number of imide groups is 1. The first-order valence-corrected chi connectivity index (χ1v) is 10.2. The Morgan fingerprint density at radius 2 is 1.77 bits per heavy atom. The van der Waals surface area contributed by atoms with Gasteiger partial charge in [-0.05, 0) is 37.3 Å². The summed E-state index contributed by atoms with van der Waals surface area (Å²) >= 11 is 12.1. The summed E-state index contributed by atoms with van der Waals surface area (Å²) in [5.74, 6) is -1.54. The van der Waals surface area contributed by atoms with Gasteiger partial charge in [-0.15, -0.1) is 0 Å². The van der Waals surface area contributed by atoms with Gasteiger partial charge in [-0.25, -0.2) is 9.88 Å². The fraction of sp³-hybridized carbons (Fsp3) is 0.143. The Morgan fingerprint density at radius 3 is 2.48 bits per heavy atom. The minimum Gasteiger partial charge on any atom is -0.322 e. The Morgan fingerprint density at radius 1 is 1.06 bits per heavy atom. The smallest absolute Gasteiger partial charge is 0.278 e. The third-order valence-electron chi connectivity index (χ3n) is 5.31. The molecule has 2 aromatic carbocycles. The van der Waals surface area contributed by atoms with E-state index in [0.29, 0.717) is 27.2 Å². The van der Waals surface area contributed by atoms with Crippen LogP contribution in [0.4, 0.5) is 5.69 Å². The summed E-state index contributed by atoms with van der Waals surface area (Å²) in [5.41, 5.74) is 2.04. The minimum atomic E-state index is -0.917. The van der Waals surface area contributed by atoms with E-state index in [0.717, 1.165) is 10.4 Å². The van der Waals surface area contributed by atoms with Crippen LogP contribution in [0.15, 0.2) is 47.3 Å². The quantitative estimate of drug-likeness (QED) is 0.459. The summed E-state index contributed by atoms with van der Waals surface area (Å²) in [7, 11) is 0.